The summed E-state index contributed by atoms with van der Waals surface area (Å²) in [6.07, 6.45) is 0. The molecule has 2 N–H and O–H groups in total. The Morgan fingerprint density at radius 2 is 1.70 bits per heavy atom. The summed E-state index contributed by atoms with van der Waals surface area (Å²) in [7, 11) is -3.84. The first-order chi connectivity index (χ1) is 15.7. The van der Waals surface area contributed by atoms with Crippen LogP contribution in [-0.4, -0.2) is 34.5 Å². The molecule has 0 atom stereocenters. The van der Waals surface area contributed by atoms with Gasteiger partial charge in [-0.2, -0.15) is 4.68 Å². The van der Waals surface area contributed by atoms with E-state index in [1.165, 1.54) is 47.1 Å². The van der Waals surface area contributed by atoms with Crippen molar-refractivity contribution < 1.29 is 17.6 Å². The van der Waals surface area contributed by atoms with E-state index in [2.05, 4.69) is 25.6 Å². The monoisotopic (exact) mass is 466 g/mol. The van der Waals surface area contributed by atoms with Crippen molar-refractivity contribution in [1.82, 2.24) is 20.2 Å². The van der Waals surface area contributed by atoms with Gasteiger partial charge in [-0.25, -0.2) is 12.8 Å². The lowest BCUT2D eigenvalue weighted by Gasteiger charge is -2.11. The Morgan fingerprint density at radius 3 is 2.36 bits per heavy atom. The molecule has 0 aliphatic rings. The first-order valence-corrected chi connectivity index (χ1v) is 11.3. The highest BCUT2D eigenvalue weighted by Crippen LogP contribution is 2.22. The van der Waals surface area contributed by atoms with Crippen LogP contribution in [0.3, 0.4) is 0 Å². The Hall–Kier alpha value is -4.12. The van der Waals surface area contributed by atoms with Gasteiger partial charge < -0.3 is 5.32 Å². The summed E-state index contributed by atoms with van der Waals surface area (Å²) < 4.78 is 43.5. The zero-order valence-electron chi connectivity index (χ0n) is 17.7. The average Bonchev–Trinajstić information content (AvgIpc) is 3.22. The maximum atomic E-state index is 14.3. The minimum absolute atomic E-state index is 0.00959. The van der Waals surface area contributed by atoms with Crippen LogP contribution in [0.5, 0.6) is 0 Å². The summed E-state index contributed by atoms with van der Waals surface area (Å²) in [4.78, 5) is 12.6. The number of aryl methyl sites for hydroxylation is 2. The Morgan fingerprint density at radius 1 is 0.970 bits per heavy atom. The molecule has 9 nitrogen and oxygen atoms in total. The topological polar surface area (TPSA) is 119 Å². The molecule has 4 aromatic rings. The molecule has 1 heterocycles. The van der Waals surface area contributed by atoms with Gasteiger partial charge in [0, 0.05) is 5.56 Å². The van der Waals surface area contributed by atoms with E-state index in [0.717, 1.165) is 5.56 Å². The quantitative estimate of drug-likeness (QED) is 0.449. The lowest BCUT2D eigenvalue weighted by atomic mass is 10.2. The molecule has 4 rings (SSSR count). The van der Waals surface area contributed by atoms with Gasteiger partial charge in [0.05, 0.1) is 22.0 Å². The second-order valence-electron chi connectivity index (χ2n) is 7.20. The van der Waals surface area contributed by atoms with Crippen LogP contribution < -0.4 is 10.0 Å². The van der Waals surface area contributed by atoms with Crippen LogP contribution in [0.15, 0.2) is 71.6 Å². The summed E-state index contributed by atoms with van der Waals surface area (Å²) in [5.41, 5.74) is 1.81. The summed E-state index contributed by atoms with van der Waals surface area (Å²) in [6, 6.07) is 16.4. The zero-order chi connectivity index (χ0) is 23.6. The molecule has 0 saturated heterocycles. The van der Waals surface area contributed by atoms with Crippen molar-refractivity contribution in [1.29, 1.82) is 0 Å². The van der Waals surface area contributed by atoms with Crippen molar-refractivity contribution in [3.63, 3.8) is 0 Å². The van der Waals surface area contributed by atoms with Gasteiger partial charge in [-0.1, -0.05) is 18.2 Å². The number of anilines is 2. The number of nitrogens with one attached hydrogen (secondary N) is 2. The summed E-state index contributed by atoms with van der Waals surface area (Å²) in [5.74, 6) is -0.746. The number of halogens is 1. The molecule has 1 amide bonds. The number of carbonyl (C=O) groups excluding carboxylic acids is 1. The second-order valence-corrected chi connectivity index (χ2v) is 8.88. The molecule has 0 radical (unpaired) electrons. The van der Waals surface area contributed by atoms with Crippen molar-refractivity contribution in [3.8, 4) is 5.69 Å². The predicted octanol–water partition coefficient (Wildman–Crippen LogP) is 3.47. The molecule has 0 spiro atoms. The number of carbonyl (C=O) groups is 1. The fraction of sp³-hybridized carbons (Fsp3) is 0.0909. The molecule has 0 aliphatic heterocycles. The SMILES string of the molecule is Cc1ccccc1NS(=O)(=O)c1ccc(C(=O)Nc2cc(-n3nnnc3C)ccc2F)cc1. The number of nitrogens with zero attached hydrogens (tertiary/aromatic N) is 4. The van der Waals surface area contributed by atoms with E-state index in [4.69, 9.17) is 0 Å². The van der Waals surface area contributed by atoms with E-state index in [0.29, 0.717) is 17.2 Å². The van der Waals surface area contributed by atoms with Crippen LogP contribution in [0.4, 0.5) is 15.8 Å². The number of sulfonamides is 1. The highest BCUT2D eigenvalue weighted by Gasteiger charge is 2.17. The molecule has 0 bridgehead atoms. The van der Waals surface area contributed by atoms with E-state index in [9.17, 15) is 17.6 Å². The fourth-order valence-corrected chi connectivity index (χ4v) is 4.21. The van der Waals surface area contributed by atoms with E-state index < -0.39 is 21.7 Å². The highest BCUT2D eigenvalue weighted by atomic mass is 32.2. The summed E-state index contributed by atoms with van der Waals surface area (Å²) in [6.45, 7) is 3.48. The smallest absolute Gasteiger partial charge is 0.261 e. The van der Waals surface area contributed by atoms with Crippen molar-refractivity contribution in [2.75, 3.05) is 10.0 Å². The van der Waals surface area contributed by atoms with Gasteiger partial charge in [0.15, 0.2) is 5.82 Å². The number of tetrazole rings is 1. The molecule has 0 unspecified atom stereocenters. The number of benzene rings is 3. The molecule has 0 saturated carbocycles. The fourth-order valence-electron chi connectivity index (χ4n) is 3.08. The Labute approximate surface area is 189 Å². The predicted molar refractivity (Wildman–Crippen MR) is 120 cm³/mol. The molecule has 0 aliphatic carbocycles. The number of aromatic nitrogens is 4. The minimum atomic E-state index is -3.84. The molecule has 1 aromatic heterocycles. The maximum Gasteiger partial charge on any atom is 0.261 e. The minimum Gasteiger partial charge on any atom is -0.319 e. The van der Waals surface area contributed by atoms with Gasteiger partial charge in [0.1, 0.15) is 5.82 Å². The van der Waals surface area contributed by atoms with Gasteiger partial charge in [-0.05, 0) is 78.4 Å². The lowest BCUT2D eigenvalue weighted by Crippen LogP contribution is -2.16. The van der Waals surface area contributed by atoms with E-state index in [1.807, 2.05) is 6.07 Å². The lowest BCUT2D eigenvalue weighted by molar-refractivity contribution is 0.102. The molecular formula is C22H19FN6O3S. The number of amides is 1. The molecule has 3 aromatic carbocycles. The standard InChI is InChI=1S/C22H19FN6O3S/c1-14-5-3-4-6-20(14)26-33(31,32)18-10-7-16(8-11-18)22(30)24-21-13-17(9-12-19(21)23)29-15(2)25-27-28-29/h3-13,26H,1-2H3,(H,24,30). The Balaban J connectivity index is 1.52. The van der Waals surface area contributed by atoms with Gasteiger partial charge in [-0.3, -0.25) is 9.52 Å². The van der Waals surface area contributed by atoms with Gasteiger partial charge in [0.2, 0.25) is 0 Å². The van der Waals surface area contributed by atoms with Crippen molar-refractivity contribution in [3.05, 3.63) is 89.5 Å². The first-order valence-electron chi connectivity index (χ1n) is 9.79. The molecular weight excluding hydrogens is 447 g/mol. The van der Waals surface area contributed by atoms with Crippen LogP contribution in [0, 0.1) is 19.7 Å². The van der Waals surface area contributed by atoms with Crippen LogP contribution in [-0.2, 0) is 10.0 Å². The summed E-state index contributed by atoms with van der Waals surface area (Å²) >= 11 is 0. The maximum absolute atomic E-state index is 14.3. The van der Waals surface area contributed by atoms with E-state index in [1.54, 1.807) is 32.0 Å². The number of rotatable bonds is 6. The molecule has 11 heteroatoms. The van der Waals surface area contributed by atoms with Crippen LogP contribution in [0.25, 0.3) is 5.69 Å². The third-order valence-electron chi connectivity index (χ3n) is 4.88. The number of hydrogen-bond donors (Lipinski definition) is 2. The van der Waals surface area contributed by atoms with Crippen molar-refractivity contribution in [2.45, 2.75) is 18.7 Å². The Bertz CT molecular complexity index is 1430. The zero-order valence-corrected chi connectivity index (χ0v) is 18.5. The van der Waals surface area contributed by atoms with Gasteiger partial charge in [-0.15, -0.1) is 5.10 Å². The molecule has 168 valence electrons. The van der Waals surface area contributed by atoms with Crippen molar-refractivity contribution in [2.24, 2.45) is 0 Å². The third-order valence-corrected chi connectivity index (χ3v) is 6.27. The largest absolute Gasteiger partial charge is 0.319 e. The number of para-hydroxylation sites is 1. The highest BCUT2D eigenvalue weighted by molar-refractivity contribution is 7.92. The second kappa shape index (κ2) is 8.79. The number of hydrogen-bond acceptors (Lipinski definition) is 6. The average molecular weight is 466 g/mol. The first kappa shape index (κ1) is 22.1. The van der Waals surface area contributed by atoms with Crippen LogP contribution in [0.1, 0.15) is 21.7 Å². The van der Waals surface area contributed by atoms with E-state index in [-0.39, 0.29) is 16.1 Å². The van der Waals surface area contributed by atoms with Crippen LogP contribution in [0.2, 0.25) is 0 Å². The third kappa shape index (κ3) is 4.72. The Kier molecular flexibility index (Phi) is 5.88. The van der Waals surface area contributed by atoms with Crippen molar-refractivity contribution >= 4 is 27.3 Å². The molecule has 33 heavy (non-hydrogen) atoms. The molecule has 0 fully saturated rings. The van der Waals surface area contributed by atoms with Crippen LogP contribution >= 0.6 is 0 Å². The van der Waals surface area contributed by atoms with Gasteiger partial charge >= 0.3 is 0 Å². The normalized spacial score (nSPS) is 11.2. The van der Waals surface area contributed by atoms with E-state index >= 15 is 0 Å². The summed E-state index contributed by atoms with van der Waals surface area (Å²) in [5, 5.41) is 13.6. The van der Waals surface area contributed by atoms with Gasteiger partial charge in [0.25, 0.3) is 15.9 Å².